The quantitative estimate of drug-likeness (QED) is 0.0333. The Kier molecular flexibility index (Phi) is 32.6. The summed E-state index contributed by atoms with van der Waals surface area (Å²) >= 11 is 24.3. The van der Waals surface area contributed by atoms with Crippen molar-refractivity contribution in [1.29, 1.82) is 0 Å². The van der Waals surface area contributed by atoms with Crippen molar-refractivity contribution in [3.8, 4) is 97.5 Å². The molecule has 0 unspecified atom stereocenters. The van der Waals surface area contributed by atoms with Gasteiger partial charge in [-0.2, -0.15) is 0 Å². The summed E-state index contributed by atoms with van der Waals surface area (Å²) in [6.45, 7) is 9.27. The van der Waals surface area contributed by atoms with Gasteiger partial charge in [0.05, 0.1) is 19.5 Å². The Morgan fingerprint density at radius 1 is 0.155 bits per heavy atom. The average Bonchev–Trinajstić information content (AvgIpc) is 1.53. The second kappa shape index (κ2) is 43.4. The minimum Gasteiger partial charge on any atom is -0.139 e. The van der Waals surface area contributed by atoms with Gasteiger partial charge >= 0.3 is 0 Å². The maximum Gasteiger partial charge on any atom is 0.0534 e. The molecule has 12 heteroatoms. The van der Waals surface area contributed by atoms with Crippen molar-refractivity contribution in [3.05, 3.63) is 163 Å². The van der Waals surface area contributed by atoms with Gasteiger partial charge in [-0.3, -0.25) is 0 Å². The molecule has 584 valence electrons. The molecule has 14 rings (SSSR count). The van der Waals surface area contributed by atoms with E-state index in [2.05, 4.69) is 149 Å². The lowest BCUT2D eigenvalue weighted by Crippen LogP contribution is -1.88. The topological polar surface area (TPSA) is 0 Å². The van der Waals surface area contributed by atoms with E-state index in [1.807, 2.05) is 136 Å². The van der Waals surface area contributed by atoms with Crippen LogP contribution in [-0.2, 0) is 25.7 Å². The molecule has 12 aromatic heterocycles. The van der Waals surface area contributed by atoms with Crippen LogP contribution < -0.4 is 0 Å². The third-order valence-electron chi connectivity index (χ3n) is 22.8. The molecule has 2 aliphatic rings. The number of unbranched alkanes of at least 4 members (excludes halogenated alkanes) is 36. The van der Waals surface area contributed by atoms with Crippen LogP contribution in [-0.4, -0.2) is 0 Å². The summed E-state index contributed by atoms with van der Waals surface area (Å²) < 4.78 is 0. The minimum absolute atomic E-state index is 1.20. The maximum atomic E-state index is 2.62. The fourth-order valence-electron chi connectivity index (χ4n) is 16.4. The van der Waals surface area contributed by atoms with E-state index in [0.717, 1.165) is 0 Å². The fourth-order valence-corrected chi connectivity index (χ4v) is 30.3. The highest BCUT2D eigenvalue weighted by molar-refractivity contribution is 7.32. The first kappa shape index (κ1) is 82.7. The molecular formula is C98H120S12. The van der Waals surface area contributed by atoms with Gasteiger partial charge in [0.2, 0.25) is 0 Å². The molecule has 0 aromatic carbocycles. The lowest BCUT2D eigenvalue weighted by atomic mass is 9.93. The predicted octanol–water partition coefficient (Wildman–Crippen LogP) is 38.6. The van der Waals surface area contributed by atoms with Crippen LogP contribution in [0.2, 0.25) is 0 Å². The molecule has 0 atom stereocenters. The van der Waals surface area contributed by atoms with Crippen molar-refractivity contribution in [2.24, 2.45) is 0 Å². The van der Waals surface area contributed by atoms with Crippen molar-refractivity contribution in [2.75, 3.05) is 0 Å². The summed E-state index contributed by atoms with van der Waals surface area (Å²) in [4.78, 5) is 34.4. The van der Waals surface area contributed by atoms with Crippen molar-refractivity contribution in [2.45, 2.75) is 310 Å². The smallest absolute Gasteiger partial charge is 0.0534 e. The lowest BCUT2D eigenvalue weighted by Gasteiger charge is -2.08. The molecular weight excluding hydrogens is 1560 g/mol. The Balaban J connectivity index is 0.754. The average molecular weight is 1680 g/mol. The third-order valence-corrected chi connectivity index (χ3v) is 38.1. The molecule has 0 nitrogen and oxygen atoms in total. The second-order valence-electron chi connectivity index (χ2n) is 31.6. The summed E-state index contributed by atoms with van der Waals surface area (Å²) in [5, 5.41) is 0. The highest BCUT2D eigenvalue weighted by Gasteiger charge is 2.39. The zero-order chi connectivity index (χ0) is 75.1. The maximum absolute atomic E-state index is 2.62. The van der Waals surface area contributed by atoms with Gasteiger partial charge in [0.15, 0.2) is 0 Å². The van der Waals surface area contributed by atoms with Crippen LogP contribution in [0.5, 0.6) is 0 Å². The van der Waals surface area contributed by atoms with E-state index in [9.17, 15) is 0 Å². The largest absolute Gasteiger partial charge is 0.139 e. The number of thiophene rings is 12. The molecule has 0 spiro atoms. The fraction of sp³-hybridized carbons (Fsp3) is 0.490. The van der Waals surface area contributed by atoms with Crippen LogP contribution in [0, 0.1) is 0 Å². The van der Waals surface area contributed by atoms with Gasteiger partial charge < -0.3 is 0 Å². The van der Waals surface area contributed by atoms with E-state index in [4.69, 9.17) is 0 Å². The monoisotopic (exact) mass is 1680 g/mol. The standard InChI is InChI=1S/C98H120S12/c1-5-9-13-17-21-25-29-33-37-41-45-69-49-53-77(99-69)81-57-61-85(103-81)89-65-73-93(74-66-90(108-96(74)95(73)107-89)86-62-58-82(104-86)78-54-50-70(100-78)46-42-38-34-30-26-22-18-14-10-6-2)94-75-67-91(87-63-59-83(105-87)79-55-51-71(101-79)47-43-39-35-31-27-23-19-15-11-7-3)109-97(75)98-76(94)68-92(110-98)88-64-60-84(106-88)80-56-52-72(102-80)48-44-40-36-32-28-24-20-16-12-8-4/h49-68H,5-48H2,1-4H3. The van der Waals surface area contributed by atoms with Crippen molar-refractivity contribution < 1.29 is 0 Å². The molecule has 0 bridgehead atoms. The molecule has 0 saturated carbocycles. The summed E-state index contributed by atoms with van der Waals surface area (Å²) in [5.74, 6) is 0. The minimum atomic E-state index is 1.20. The van der Waals surface area contributed by atoms with E-state index in [0.29, 0.717) is 0 Å². The van der Waals surface area contributed by atoms with Gasteiger partial charge in [0.1, 0.15) is 0 Å². The molecule has 110 heavy (non-hydrogen) atoms. The van der Waals surface area contributed by atoms with Crippen molar-refractivity contribution in [1.82, 2.24) is 0 Å². The molecule has 0 radical (unpaired) electrons. The molecule has 12 heterocycles. The van der Waals surface area contributed by atoms with Crippen LogP contribution >= 0.6 is 136 Å². The first-order valence-corrected chi connectivity index (χ1v) is 53.3. The Hall–Kier alpha value is -3.86. The van der Waals surface area contributed by atoms with E-state index >= 15 is 0 Å². The zero-order valence-corrected chi connectivity index (χ0v) is 76.4. The second-order valence-corrected chi connectivity index (χ2v) is 44.8. The first-order chi connectivity index (χ1) is 54.4. The number of hydrogen-bond acceptors (Lipinski definition) is 12. The van der Waals surface area contributed by atoms with Crippen LogP contribution in [0.25, 0.3) is 109 Å². The molecule has 12 aromatic rings. The van der Waals surface area contributed by atoms with Gasteiger partial charge in [-0.25, -0.2) is 0 Å². The lowest BCUT2D eigenvalue weighted by molar-refractivity contribution is 0.557. The van der Waals surface area contributed by atoms with Crippen molar-refractivity contribution in [3.63, 3.8) is 0 Å². The van der Waals surface area contributed by atoms with Gasteiger partial charge in [0.25, 0.3) is 0 Å². The van der Waals surface area contributed by atoms with E-state index in [1.165, 1.54) is 413 Å². The number of fused-ring (bicyclic) bond motifs is 6. The van der Waals surface area contributed by atoms with Crippen LogP contribution in [0.1, 0.15) is 326 Å². The predicted molar refractivity (Wildman–Crippen MR) is 509 cm³/mol. The highest BCUT2D eigenvalue weighted by atomic mass is 32.1. The third kappa shape index (κ3) is 22.1. The SMILES string of the molecule is CCCCCCCCCCCCc1ccc(-c2ccc(-c3cc4c(s3)-c3sc(-c5ccc(-c6ccc(CCCCCCCCCCCC)s6)s5)cc3C4=C3c4cc(-c5ccc(-c6ccc(CCCCCCCCCCCC)s6)s5)sc4-c4sc(-c5ccc(-c6ccc(CCCCCCCCCCCC)s6)s5)cc43)s2)s1. The Bertz CT molecular complexity index is 4150. The van der Waals surface area contributed by atoms with Gasteiger partial charge in [-0.15, -0.1) is 136 Å². The van der Waals surface area contributed by atoms with Gasteiger partial charge in [-0.1, -0.05) is 259 Å². The molecule has 2 aliphatic carbocycles. The van der Waals surface area contributed by atoms with E-state index in [1.54, 1.807) is 19.5 Å². The summed E-state index contributed by atoms with van der Waals surface area (Å²) in [6, 6.07) is 49.3. The Labute approximate surface area is 710 Å². The van der Waals surface area contributed by atoms with Crippen LogP contribution in [0.15, 0.2) is 121 Å². The Morgan fingerprint density at radius 3 is 0.500 bits per heavy atom. The summed E-state index contributed by atoms with van der Waals surface area (Å²) in [5.41, 5.74) is 8.57. The Morgan fingerprint density at radius 2 is 0.309 bits per heavy atom. The van der Waals surface area contributed by atoms with Crippen LogP contribution in [0.3, 0.4) is 0 Å². The molecule has 0 saturated heterocycles. The highest BCUT2D eigenvalue weighted by Crippen LogP contribution is 2.64. The molecule has 0 amide bonds. The first-order valence-electron chi connectivity index (χ1n) is 43.5. The molecule has 0 aliphatic heterocycles. The number of aryl methyl sites for hydroxylation is 4. The number of hydrogen-bond donors (Lipinski definition) is 0. The van der Waals surface area contributed by atoms with E-state index in [-0.39, 0.29) is 0 Å². The van der Waals surface area contributed by atoms with Gasteiger partial charge in [-0.05, 0) is 173 Å². The van der Waals surface area contributed by atoms with E-state index < -0.39 is 0 Å². The normalized spacial score (nSPS) is 12.5. The molecule has 0 N–H and O–H groups in total. The molecule has 0 fully saturated rings. The summed E-state index contributed by atoms with van der Waals surface area (Å²) in [6.07, 6.45) is 60.2. The van der Waals surface area contributed by atoms with Gasteiger partial charge in [0, 0.05) is 131 Å². The van der Waals surface area contributed by atoms with Crippen LogP contribution in [0.4, 0.5) is 0 Å². The zero-order valence-electron chi connectivity index (χ0n) is 66.6. The summed E-state index contributed by atoms with van der Waals surface area (Å²) in [7, 11) is 0. The van der Waals surface area contributed by atoms with Crippen molar-refractivity contribution >= 4 is 147 Å². The number of rotatable bonds is 52.